The molecule has 0 amide bonds. The topological polar surface area (TPSA) is 4.93 Å². The molecule has 0 bridgehead atoms. The van der Waals surface area contributed by atoms with Crippen molar-refractivity contribution in [3.8, 4) is 0 Å². The van der Waals surface area contributed by atoms with Crippen LogP contribution in [0.15, 0.2) is 30.5 Å². The highest BCUT2D eigenvalue weighted by Crippen LogP contribution is 2.23. The molecule has 0 aliphatic rings. The molecule has 86 valence electrons. The Labute approximate surface area is 98.1 Å². The third-order valence-electron chi connectivity index (χ3n) is 3.03. The van der Waals surface area contributed by atoms with Crippen molar-refractivity contribution in [1.82, 2.24) is 4.57 Å². The van der Waals surface area contributed by atoms with E-state index < -0.39 is 0 Å². The molecule has 1 aromatic carbocycles. The molecule has 0 radical (unpaired) electrons. The number of fused-ring (bicyclic) bond motifs is 1. The van der Waals surface area contributed by atoms with Crippen molar-refractivity contribution < 1.29 is 0 Å². The van der Waals surface area contributed by atoms with Gasteiger partial charge >= 0.3 is 0 Å². The molecule has 1 nitrogen and oxygen atoms in total. The maximum Gasteiger partial charge on any atom is 0.0482 e. The number of benzene rings is 1. The lowest BCUT2D eigenvalue weighted by atomic mass is 9.92. The minimum absolute atomic E-state index is 0.403. The normalized spacial score (nSPS) is 12.2. The molecule has 0 fully saturated rings. The van der Waals surface area contributed by atoms with E-state index in [-0.39, 0.29) is 0 Å². The summed E-state index contributed by atoms with van der Waals surface area (Å²) in [5.41, 5.74) is 3.10. The summed E-state index contributed by atoms with van der Waals surface area (Å²) in [5, 5.41) is 1.35. The van der Waals surface area contributed by atoms with Crippen LogP contribution >= 0.6 is 0 Å². The third-order valence-corrected chi connectivity index (χ3v) is 3.03. The lowest BCUT2D eigenvalue weighted by molar-refractivity contribution is 0.353. The van der Waals surface area contributed by atoms with Gasteiger partial charge in [-0.15, -0.1) is 0 Å². The van der Waals surface area contributed by atoms with Crippen molar-refractivity contribution in [2.24, 2.45) is 5.41 Å². The minimum atomic E-state index is 0.403. The Hall–Kier alpha value is -1.24. The lowest BCUT2D eigenvalue weighted by Gasteiger charge is -2.18. The first-order valence-corrected chi connectivity index (χ1v) is 6.01. The van der Waals surface area contributed by atoms with Crippen molar-refractivity contribution in [2.75, 3.05) is 0 Å². The van der Waals surface area contributed by atoms with E-state index in [9.17, 15) is 0 Å². The minimum Gasteiger partial charge on any atom is -0.347 e. The Morgan fingerprint density at radius 3 is 2.56 bits per heavy atom. The highest BCUT2D eigenvalue weighted by Gasteiger charge is 2.10. The summed E-state index contributed by atoms with van der Waals surface area (Å²) in [6.07, 6.45) is 3.42. The summed E-state index contributed by atoms with van der Waals surface area (Å²) in [6.45, 7) is 10.1. The molecule has 1 heteroatoms. The van der Waals surface area contributed by atoms with Gasteiger partial charge in [-0.25, -0.2) is 0 Å². The predicted octanol–water partition coefficient (Wildman–Crippen LogP) is 4.39. The summed E-state index contributed by atoms with van der Waals surface area (Å²) >= 11 is 0. The number of aryl methyl sites for hydroxylation is 2. The molecule has 0 aliphatic carbocycles. The molecule has 1 heterocycles. The van der Waals surface area contributed by atoms with E-state index >= 15 is 0 Å². The van der Waals surface area contributed by atoms with Crippen LogP contribution in [0.4, 0.5) is 0 Å². The molecule has 2 aromatic rings. The van der Waals surface area contributed by atoms with Gasteiger partial charge in [-0.3, -0.25) is 0 Å². The average molecular weight is 215 g/mol. The van der Waals surface area contributed by atoms with Crippen LogP contribution in [-0.2, 0) is 6.54 Å². The molecule has 0 unspecified atom stereocenters. The highest BCUT2D eigenvalue weighted by atomic mass is 14.9. The molecular formula is C15H21N. The van der Waals surface area contributed by atoms with Gasteiger partial charge in [-0.2, -0.15) is 0 Å². The van der Waals surface area contributed by atoms with E-state index in [0.29, 0.717) is 5.41 Å². The molecule has 0 aliphatic heterocycles. The van der Waals surface area contributed by atoms with Crippen molar-refractivity contribution in [2.45, 2.75) is 40.7 Å². The Kier molecular flexibility index (Phi) is 2.79. The monoisotopic (exact) mass is 215 g/mol. The fraction of sp³-hybridized carbons (Fsp3) is 0.467. The summed E-state index contributed by atoms with van der Waals surface area (Å²) in [4.78, 5) is 0. The van der Waals surface area contributed by atoms with Crippen LogP contribution < -0.4 is 0 Å². The Balaban J connectivity index is 2.28. The van der Waals surface area contributed by atoms with Gasteiger partial charge in [0.15, 0.2) is 0 Å². The van der Waals surface area contributed by atoms with E-state index in [0.717, 1.165) is 6.54 Å². The SMILES string of the molecule is Cc1ccc2ccn(CCC(C)(C)C)c2c1. The van der Waals surface area contributed by atoms with Crippen molar-refractivity contribution >= 4 is 10.9 Å². The van der Waals surface area contributed by atoms with Crippen LogP contribution in [-0.4, -0.2) is 4.57 Å². The van der Waals surface area contributed by atoms with E-state index in [2.05, 4.69) is 62.7 Å². The van der Waals surface area contributed by atoms with Crippen molar-refractivity contribution in [3.63, 3.8) is 0 Å². The van der Waals surface area contributed by atoms with Gasteiger partial charge in [0, 0.05) is 18.3 Å². The first-order chi connectivity index (χ1) is 7.46. The Morgan fingerprint density at radius 2 is 1.88 bits per heavy atom. The van der Waals surface area contributed by atoms with Crippen LogP contribution in [0.25, 0.3) is 10.9 Å². The van der Waals surface area contributed by atoms with Gasteiger partial charge in [0.05, 0.1) is 0 Å². The van der Waals surface area contributed by atoms with Crippen LogP contribution in [0.1, 0.15) is 32.8 Å². The molecule has 0 saturated carbocycles. The van der Waals surface area contributed by atoms with E-state index in [1.807, 2.05) is 0 Å². The molecule has 0 saturated heterocycles. The first kappa shape index (κ1) is 11.3. The number of rotatable bonds is 2. The van der Waals surface area contributed by atoms with Crippen molar-refractivity contribution in [1.29, 1.82) is 0 Å². The van der Waals surface area contributed by atoms with Gasteiger partial charge in [0.25, 0.3) is 0 Å². The molecule has 2 rings (SSSR count). The summed E-state index contributed by atoms with van der Waals surface area (Å²) in [5.74, 6) is 0. The molecule has 0 atom stereocenters. The van der Waals surface area contributed by atoms with Crippen LogP contribution in [0, 0.1) is 12.3 Å². The zero-order valence-corrected chi connectivity index (χ0v) is 10.7. The largest absolute Gasteiger partial charge is 0.347 e. The second-order valence-corrected chi connectivity index (χ2v) is 5.88. The maximum absolute atomic E-state index is 2.37. The second-order valence-electron chi connectivity index (χ2n) is 5.88. The number of hydrogen-bond donors (Lipinski definition) is 0. The van der Waals surface area contributed by atoms with E-state index in [4.69, 9.17) is 0 Å². The molecule has 16 heavy (non-hydrogen) atoms. The first-order valence-electron chi connectivity index (χ1n) is 6.01. The second kappa shape index (κ2) is 3.97. The standard InChI is InChI=1S/C15H21N/c1-12-5-6-13-7-9-16(14(13)11-12)10-8-15(2,3)4/h5-7,9,11H,8,10H2,1-4H3. The summed E-state index contributed by atoms with van der Waals surface area (Å²) in [6, 6.07) is 8.87. The average Bonchev–Trinajstić information content (AvgIpc) is 2.56. The fourth-order valence-electron chi connectivity index (χ4n) is 1.94. The zero-order chi connectivity index (χ0) is 11.8. The maximum atomic E-state index is 2.37. The Bertz CT molecular complexity index is 486. The molecule has 1 aromatic heterocycles. The van der Waals surface area contributed by atoms with Gasteiger partial charge in [0.1, 0.15) is 0 Å². The van der Waals surface area contributed by atoms with E-state index in [1.54, 1.807) is 0 Å². The lowest BCUT2D eigenvalue weighted by Crippen LogP contribution is -2.09. The summed E-state index contributed by atoms with van der Waals surface area (Å²) < 4.78 is 2.37. The van der Waals surface area contributed by atoms with E-state index in [1.165, 1.54) is 22.9 Å². The van der Waals surface area contributed by atoms with Gasteiger partial charge in [-0.05, 0) is 41.8 Å². The van der Waals surface area contributed by atoms with Gasteiger partial charge in [-0.1, -0.05) is 32.9 Å². The Morgan fingerprint density at radius 1 is 1.12 bits per heavy atom. The number of aromatic nitrogens is 1. The smallest absolute Gasteiger partial charge is 0.0482 e. The zero-order valence-electron chi connectivity index (χ0n) is 10.7. The van der Waals surface area contributed by atoms with Crippen LogP contribution in [0.2, 0.25) is 0 Å². The summed E-state index contributed by atoms with van der Waals surface area (Å²) in [7, 11) is 0. The van der Waals surface area contributed by atoms with Gasteiger partial charge < -0.3 is 4.57 Å². The molecule has 0 N–H and O–H groups in total. The van der Waals surface area contributed by atoms with Crippen LogP contribution in [0.3, 0.4) is 0 Å². The molecule has 0 spiro atoms. The molecular weight excluding hydrogens is 194 g/mol. The fourth-order valence-corrected chi connectivity index (χ4v) is 1.94. The number of nitrogens with zero attached hydrogens (tertiary/aromatic N) is 1. The van der Waals surface area contributed by atoms with Gasteiger partial charge in [0.2, 0.25) is 0 Å². The highest BCUT2D eigenvalue weighted by molar-refractivity contribution is 5.80. The van der Waals surface area contributed by atoms with Crippen molar-refractivity contribution in [3.05, 3.63) is 36.0 Å². The number of hydrogen-bond acceptors (Lipinski definition) is 0. The third kappa shape index (κ3) is 2.46. The quantitative estimate of drug-likeness (QED) is 0.700. The predicted molar refractivity (Wildman–Crippen MR) is 70.7 cm³/mol. The van der Waals surface area contributed by atoms with Crippen LogP contribution in [0.5, 0.6) is 0 Å².